The molecule has 3 saturated carbocycles. The molecule has 5 unspecified atom stereocenters. The monoisotopic (exact) mass is 466 g/mol. The highest BCUT2D eigenvalue weighted by Gasteiger charge is 2.44. The van der Waals surface area contributed by atoms with Gasteiger partial charge in [0.25, 0.3) is 0 Å². The molecule has 5 atom stereocenters. The van der Waals surface area contributed by atoms with Crippen molar-refractivity contribution in [2.24, 2.45) is 29.6 Å². The second kappa shape index (κ2) is 10.1. The lowest BCUT2D eigenvalue weighted by molar-refractivity contribution is 0.0946. The third-order valence-corrected chi connectivity index (χ3v) is 10.1. The van der Waals surface area contributed by atoms with E-state index in [9.17, 15) is 5.11 Å². The summed E-state index contributed by atoms with van der Waals surface area (Å²) < 4.78 is 0. The zero-order valence-electron chi connectivity index (χ0n) is 21.4. The van der Waals surface area contributed by atoms with Gasteiger partial charge in [0.2, 0.25) is 0 Å². The molecule has 0 heterocycles. The standard InChI is InChI=1S/C34H42O/c1-23-5-7-24(8-6-23)19-25-9-11-26(12-10-25)27-13-15-28(16-14-27)33-4-2-3-30-20-31(22-34(30)33)29-17-18-32(35)21-29/h5-12,17-18,21,27-28,30-35H,2-4,13-16,19-20,22H2,1H3. The van der Waals surface area contributed by atoms with Gasteiger partial charge in [-0.25, -0.2) is 0 Å². The van der Waals surface area contributed by atoms with Crippen LogP contribution in [0.25, 0.3) is 0 Å². The number of allylic oxidation sites excluding steroid dienone is 2. The maximum Gasteiger partial charge on any atom is 0.0911 e. The molecule has 6 rings (SSSR count). The first kappa shape index (κ1) is 23.3. The predicted molar refractivity (Wildman–Crippen MR) is 145 cm³/mol. The van der Waals surface area contributed by atoms with Crippen LogP contribution in [0.4, 0.5) is 0 Å². The average Bonchev–Trinajstić information content (AvgIpc) is 3.52. The van der Waals surface area contributed by atoms with E-state index in [2.05, 4.69) is 67.6 Å². The van der Waals surface area contributed by atoms with Crippen LogP contribution >= 0.6 is 0 Å². The Kier molecular flexibility index (Phi) is 6.72. The van der Waals surface area contributed by atoms with Gasteiger partial charge in [0.05, 0.1) is 6.10 Å². The maximum absolute atomic E-state index is 9.92. The first-order valence-corrected chi connectivity index (χ1v) is 14.3. The lowest BCUT2D eigenvalue weighted by Crippen LogP contribution is -2.32. The summed E-state index contributed by atoms with van der Waals surface area (Å²) in [6.07, 6.45) is 19.7. The Bertz CT molecular complexity index is 1050. The number of fused-ring (bicyclic) bond motifs is 1. The van der Waals surface area contributed by atoms with Crippen LogP contribution in [-0.2, 0) is 6.42 Å². The Hall–Kier alpha value is -2.12. The molecule has 35 heavy (non-hydrogen) atoms. The first-order chi connectivity index (χ1) is 17.1. The predicted octanol–water partition coefficient (Wildman–Crippen LogP) is 8.16. The molecule has 2 aromatic rings. The summed E-state index contributed by atoms with van der Waals surface area (Å²) in [4.78, 5) is 0. The molecule has 0 aliphatic heterocycles. The van der Waals surface area contributed by atoms with Gasteiger partial charge in [-0.2, -0.15) is 0 Å². The Morgan fingerprint density at radius 2 is 1.43 bits per heavy atom. The van der Waals surface area contributed by atoms with Crippen LogP contribution < -0.4 is 0 Å². The third kappa shape index (κ3) is 5.08. The summed E-state index contributed by atoms with van der Waals surface area (Å²) in [6, 6.07) is 18.5. The van der Waals surface area contributed by atoms with Gasteiger partial charge < -0.3 is 5.11 Å². The molecule has 4 aliphatic carbocycles. The zero-order chi connectivity index (χ0) is 23.8. The van der Waals surface area contributed by atoms with Crippen LogP contribution in [0.5, 0.6) is 0 Å². The van der Waals surface area contributed by atoms with Gasteiger partial charge in [0, 0.05) is 0 Å². The minimum Gasteiger partial charge on any atom is -0.385 e. The fourth-order valence-electron chi connectivity index (χ4n) is 8.22. The number of benzene rings is 2. The molecule has 0 radical (unpaired) electrons. The van der Waals surface area contributed by atoms with Crippen molar-refractivity contribution in [1.82, 2.24) is 0 Å². The maximum atomic E-state index is 9.92. The molecular weight excluding hydrogens is 424 g/mol. The number of rotatable bonds is 5. The lowest BCUT2D eigenvalue weighted by atomic mass is 9.63. The Labute approximate surface area is 212 Å². The van der Waals surface area contributed by atoms with E-state index in [4.69, 9.17) is 0 Å². The van der Waals surface area contributed by atoms with Gasteiger partial charge in [-0.3, -0.25) is 0 Å². The normalized spacial score (nSPS) is 34.6. The van der Waals surface area contributed by atoms with Crippen LogP contribution in [0.15, 0.2) is 72.3 Å². The van der Waals surface area contributed by atoms with E-state index in [-0.39, 0.29) is 6.10 Å². The van der Waals surface area contributed by atoms with Gasteiger partial charge in [-0.05, 0) is 122 Å². The molecule has 1 nitrogen and oxygen atoms in total. The quantitative estimate of drug-likeness (QED) is 0.471. The minimum absolute atomic E-state index is 0.338. The number of aliphatic hydroxyl groups excluding tert-OH is 1. The first-order valence-electron chi connectivity index (χ1n) is 14.3. The fraction of sp³-hybridized carbons (Fsp3) is 0.529. The highest BCUT2D eigenvalue weighted by Crippen LogP contribution is 2.55. The van der Waals surface area contributed by atoms with Crippen molar-refractivity contribution >= 4 is 0 Å². The van der Waals surface area contributed by atoms with E-state index < -0.39 is 0 Å². The van der Waals surface area contributed by atoms with Gasteiger partial charge in [-0.15, -0.1) is 0 Å². The summed E-state index contributed by atoms with van der Waals surface area (Å²) in [5.74, 6) is 5.22. The Morgan fingerprint density at radius 1 is 0.714 bits per heavy atom. The highest BCUT2D eigenvalue weighted by atomic mass is 16.3. The molecule has 2 aromatic carbocycles. The molecule has 3 fully saturated rings. The number of aryl methyl sites for hydroxylation is 1. The molecule has 0 amide bonds. The van der Waals surface area contributed by atoms with Gasteiger partial charge in [0.15, 0.2) is 0 Å². The summed E-state index contributed by atoms with van der Waals surface area (Å²) in [5, 5.41) is 9.92. The van der Waals surface area contributed by atoms with Crippen molar-refractivity contribution in [1.29, 1.82) is 0 Å². The van der Waals surface area contributed by atoms with Crippen LogP contribution in [0, 0.1) is 36.5 Å². The SMILES string of the molecule is Cc1ccc(Cc2ccc(C3CCC(C4CCCC5CC(C6=CC(O)C=C6)CC54)CC3)cc2)cc1. The van der Waals surface area contributed by atoms with Crippen LogP contribution in [0.1, 0.15) is 86.0 Å². The number of hydrogen-bond acceptors (Lipinski definition) is 1. The van der Waals surface area contributed by atoms with Crippen LogP contribution in [0.2, 0.25) is 0 Å². The van der Waals surface area contributed by atoms with E-state index in [1.54, 1.807) is 5.56 Å². The molecule has 184 valence electrons. The fourth-order valence-corrected chi connectivity index (χ4v) is 8.22. The van der Waals surface area contributed by atoms with Gasteiger partial charge >= 0.3 is 0 Å². The van der Waals surface area contributed by atoms with E-state index in [0.717, 1.165) is 36.0 Å². The summed E-state index contributed by atoms with van der Waals surface area (Å²) in [7, 11) is 0. The molecule has 0 aromatic heterocycles. The Balaban J connectivity index is 1.05. The van der Waals surface area contributed by atoms with E-state index in [1.807, 2.05) is 6.08 Å². The van der Waals surface area contributed by atoms with Crippen molar-refractivity contribution < 1.29 is 5.11 Å². The molecular formula is C34H42O. The molecule has 4 aliphatic rings. The minimum atomic E-state index is -0.338. The van der Waals surface area contributed by atoms with Gasteiger partial charge in [-0.1, -0.05) is 79.1 Å². The van der Waals surface area contributed by atoms with Crippen molar-refractivity contribution in [3.05, 3.63) is 94.6 Å². The third-order valence-electron chi connectivity index (χ3n) is 10.1. The van der Waals surface area contributed by atoms with Crippen molar-refractivity contribution in [2.45, 2.75) is 83.2 Å². The highest BCUT2D eigenvalue weighted by molar-refractivity contribution is 5.33. The smallest absolute Gasteiger partial charge is 0.0911 e. The van der Waals surface area contributed by atoms with E-state index >= 15 is 0 Å². The molecule has 1 heteroatoms. The summed E-state index contributed by atoms with van der Waals surface area (Å²) >= 11 is 0. The van der Waals surface area contributed by atoms with Crippen molar-refractivity contribution in [3.8, 4) is 0 Å². The van der Waals surface area contributed by atoms with Crippen LogP contribution in [-0.4, -0.2) is 11.2 Å². The van der Waals surface area contributed by atoms with E-state index in [0.29, 0.717) is 5.92 Å². The molecule has 0 bridgehead atoms. The summed E-state index contributed by atoms with van der Waals surface area (Å²) in [6.45, 7) is 2.16. The number of aliphatic hydroxyl groups is 1. The second-order valence-electron chi connectivity index (χ2n) is 12.2. The second-order valence-corrected chi connectivity index (χ2v) is 12.2. The lowest BCUT2D eigenvalue weighted by Gasteiger charge is -2.42. The largest absolute Gasteiger partial charge is 0.385 e. The topological polar surface area (TPSA) is 20.2 Å². The zero-order valence-corrected chi connectivity index (χ0v) is 21.4. The van der Waals surface area contributed by atoms with Crippen LogP contribution in [0.3, 0.4) is 0 Å². The molecule has 0 saturated heterocycles. The average molecular weight is 467 g/mol. The summed E-state index contributed by atoms with van der Waals surface area (Å²) in [5.41, 5.74) is 7.16. The molecule has 0 spiro atoms. The number of hydrogen-bond donors (Lipinski definition) is 1. The van der Waals surface area contributed by atoms with Crippen molar-refractivity contribution in [2.75, 3.05) is 0 Å². The van der Waals surface area contributed by atoms with Gasteiger partial charge in [0.1, 0.15) is 0 Å². The van der Waals surface area contributed by atoms with E-state index in [1.165, 1.54) is 80.1 Å². The molecule has 1 N–H and O–H groups in total. The van der Waals surface area contributed by atoms with Crippen molar-refractivity contribution in [3.63, 3.8) is 0 Å². The Morgan fingerprint density at radius 3 is 2.11 bits per heavy atom.